The molecule has 0 saturated carbocycles. The van der Waals surface area contributed by atoms with Gasteiger partial charge in [0.25, 0.3) is 5.91 Å². The number of aromatic nitrogens is 4. The van der Waals surface area contributed by atoms with Gasteiger partial charge in [-0.15, -0.1) is 0 Å². The van der Waals surface area contributed by atoms with Gasteiger partial charge in [-0.2, -0.15) is 10.1 Å². The quantitative estimate of drug-likeness (QED) is 0.888. The second-order valence-corrected chi connectivity index (χ2v) is 5.99. The molecule has 25 heavy (non-hydrogen) atoms. The van der Waals surface area contributed by atoms with Crippen LogP contribution in [0.4, 0.5) is 0 Å². The van der Waals surface area contributed by atoms with E-state index in [-0.39, 0.29) is 17.7 Å². The van der Waals surface area contributed by atoms with Crippen molar-refractivity contribution in [3.63, 3.8) is 0 Å². The van der Waals surface area contributed by atoms with Crippen LogP contribution in [0.1, 0.15) is 47.7 Å². The number of methoxy groups -OCH3 is 2. The lowest BCUT2D eigenvalue weighted by Crippen LogP contribution is -2.39. The molecule has 2 aromatic heterocycles. The summed E-state index contributed by atoms with van der Waals surface area (Å²) < 4.78 is 10.3. The van der Waals surface area contributed by atoms with Crippen molar-refractivity contribution in [2.45, 2.75) is 32.1 Å². The zero-order chi connectivity index (χ0) is 17.8. The van der Waals surface area contributed by atoms with Crippen molar-refractivity contribution in [1.29, 1.82) is 0 Å². The minimum atomic E-state index is -0.0945. The molecule has 0 spiro atoms. The van der Waals surface area contributed by atoms with E-state index in [1.165, 1.54) is 14.2 Å². The minimum Gasteiger partial charge on any atom is -0.481 e. The molecule has 0 radical (unpaired) electrons. The van der Waals surface area contributed by atoms with Gasteiger partial charge in [0.2, 0.25) is 11.8 Å². The molecule has 1 aliphatic heterocycles. The van der Waals surface area contributed by atoms with Crippen LogP contribution < -0.4 is 9.47 Å². The van der Waals surface area contributed by atoms with Crippen LogP contribution in [0.15, 0.2) is 12.1 Å². The first kappa shape index (κ1) is 17.2. The maximum absolute atomic E-state index is 12.9. The number of likely N-dealkylation sites (tertiary alicyclic amines) is 1. The number of nitrogens with zero attached hydrogens (tertiary/aromatic N) is 4. The molecule has 1 atom stereocenters. The number of amides is 1. The van der Waals surface area contributed by atoms with Gasteiger partial charge in [-0.05, 0) is 18.9 Å². The zero-order valence-electron chi connectivity index (χ0n) is 14.8. The predicted octanol–water partition coefficient (Wildman–Crippen LogP) is 1.80. The van der Waals surface area contributed by atoms with Crippen LogP contribution in [-0.4, -0.2) is 58.3 Å². The lowest BCUT2D eigenvalue weighted by molar-refractivity contribution is 0.0700. The molecule has 134 valence electrons. The van der Waals surface area contributed by atoms with Crippen LogP contribution in [0.5, 0.6) is 11.8 Å². The third-order valence-electron chi connectivity index (χ3n) is 4.43. The molecule has 3 heterocycles. The number of carbonyl (C=O) groups is 1. The number of hydrogen-bond acceptors (Lipinski definition) is 6. The number of aromatic amines is 1. The van der Waals surface area contributed by atoms with Crippen molar-refractivity contribution in [2.75, 3.05) is 27.3 Å². The fourth-order valence-corrected chi connectivity index (χ4v) is 3.05. The Bertz CT molecular complexity index is 746. The van der Waals surface area contributed by atoms with Crippen molar-refractivity contribution in [1.82, 2.24) is 25.1 Å². The average molecular weight is 345 g/mol. The van der Waals surface area contributed by atoms with Crippen LogP contribution >= 0.6 is 0 Å². The van der Waals surface area contributed by atoms with Crippen molar-refractivity contribution in [3.8, 4) is 11.8 Å². The van der Waals surface area contributed by atoms with Gasteiger partial charge in [-0.1, -0.05) is 6.92 Å². The van der Waals surface area contributed by atoms with E-state index >= 15 is 0 Å². The highest BCUT2D eigenvalue weighted by molar-refractivity contribution is 5.96. The van der Waals surface area contributed by atoms with Crippen molar-refractivity contribution in [3.05, 3.63) is 29.3 Å². The number of pyridine rings is 1. The number of hydrogen-bond donors (Lipinski definition) is 1. The van der Waals surface area contributed by atoms with Crippen LogP contribution in [-0.2, 0) is 6.42 Å². The Kier molecular flexibility index (Phi) is 5.16. The second-order valence-electron chi connectivity index (χ2n) is 5.99. The van der Waals surface area contributed by atoms with E-state index in [0.29, 0.717) is 24.5 Å². The molecule has 1 aliphatic rings. The Hall–Kier alpha value is -2.64. The first-order valence-electron chi connectivity index (χ1n) is 8.45. The fourth-order valence-electron chi connectivity index (χ4n) is 3.05. The standard InChI is InChI=1S/C17H23N5O3/c1-4-13-18-15(21-20-13)11-6-5-9-22(10-11)17(23)12-7-8-14(24-2)19-16(12)25-3/h7-8,11H,4-6,9-10H2,1-3H3,(H,18,20,21)/t11-/m1/s1. The Morgan fingerprint density at radius 2 is 2.16 bits per heavy atom. The molecule has 1 amide bonds. The number of ether oxygens (including phenoxy) is 2. The van der Waals surface area contributed by atoms with E-state index < -0.39 is 0 Å². The van der Waals surface area contributed by atoms with E-state index in [1.807, 2.05) is 11.8 Å². The summed E-state index contributed by atoms with van der Waals surface area (Å²) in [5.41, 5.74) is 0.438. The molecule has 1 fully saturated rings. The van der Waals surface area contributed by atoms with Crippen molar-refractivity contribution in [2.24, 2.45) is 0 Å². The molecule has 3 rings (SSSR count). The van der Waals surface area contributed by atoms with Crippen LogP contribution in [0.3, 0.4) is 0 Å². The Balaban J connectivity index is 1.78. The van der Waals surface area contributed by atoms with Gasteiger partial charge in [0.1, 0.15) is 11.4 Å². The number of rotatable bonds is 5. The lowest BCUT2D eigenvalue weighted by Gasteiger charge is -2.31. The Labute approximate surface area is 146 Å². The first-order chi connectivity index (χ1) is 12.2. The molecular formula is C17H23N5O3. The summed E-state index contributed by atoms with van der Waals surface area (Å²) in [5.74, 6) is 2.40. The number of H-pyrrole nitrogens is 1. The molecule has 8 heteroatoms. The highest BCUT2D eigenvalue weighted by Crippen LogP contribution is 2.28. The molecule has 0 aromatic carbocycles. The monoisotopic (exact) mass is 345 g/mol. The van der Waals surface area contributed by atoms with E-state index in [9.17, 15) is 4.79 Å². The van der Waals surface area contributed by atoms with Crippen LogP contribution in [0, 0.1) is 0 Å². The second kappa shape index (κ2) is 7.50. The Morgan fingerprint density at radius 3 is 2.84 bits per heavy atom. The van der Waals surface area contributed by atoms with Gasteiger partial charge < -0.3 is 14.4 Å². The minimum absolute atomic E-state index is 0.0945. The van der Waals surface area contributed by atoms with E-state index in [1.54, 1.807) is 12.1 Å². The van der Waals surface area contributed by atoms with Gasteiger partial charge in [0.05, 0.1) is 14.2 Å². The van der Waals surface area contributed by atoms with Crippen molar-refractivity contribution < 1.29 is 14.3 Å². The van der Waals surface area contributed by atoms with Gasteiger partial charge in [-0.25, -0.2) is 4.98 Å². The Morgan fingerprint density at radius 1 is 1.32 bits per heavy atom. The maximum atomic E-state index is 12.9. The maximum Gasteiger partial charge on any atom is 0.259 e. The highest BCUT2D eigenvalue weighted by Gasteiger charge is 2.29. The highest BCUT2D eigenvalue weighted by atomic mass is 16.5. The van der Waals surface area contributed by atoms with Crippen LogP contribution in [0.2, 0.25) is 0 Å². The summed E-state index contributed by atoms with van der Waals surface area (Å²) in [4.78, 5) is 23.5. The summed E-state index contributed by atoms with van der Waals surface area (Å²) in [5, 5.41) is 7.26. The van der Waals surface area contributed by atoms with E-state index in [4.69, 9.17) is 9.47 Å². The molecule has 8 nitrogen and oxygen atoms in total. The number of piperidine rings is 1. The van der Waals surface area contributed by atoms with Gasteiger partial charge in [-0.3, -0.25) is 9.89 Å². The molecule has 0 bridgehead atoms. The normalized spacial score (nSPS) is 17.4. The summed E-state index contributed by atoms with van der Waals surface area (Å²) in [6.07, 6.45) is 2.71. The lowest BCUT2D eigenvalue weighted by atomic mass is 9.97. The molecular weight excluding hydrogens is 322 g/mol. The van der Waals surface area contributed by atoms with Gasteiger partial charge >= 0.3 is 0 Å². The number of nitrogens with one attached hydrogen (secondary N) is 1. The number of aryl methyl sites for hydroxylation is 1. The molecule has 0 unspecified atom stereocenters. The molecule has 1 N–H and O–H groups in total. The summed E-state index contributed by atoms with van der Waals surface area (Å²) in [6.45, 7) is 3.33. The topological polar surface area (TPSA) is 93.2 Å². The van der Waals surface area contributed by atoms with E-state index in [0.717, 1.165) is 30.9 Å². The summed E-state index contributed by atoms with van der Waals surface area (Å²) in [7, 11) is 3.03. The average Bonchev–Trinajstić information content (AvgIpc) is 3.16. The molecule has 2 aromatic rings. The van der Waals surface area contributed by atoms with Gasteiger partial charge in [0.15, 0.2) is 5.82 Å². The SMILES string of the molecule is CCc1nc([C@@H]2CCCN(C(=O)c3ccc(OC)nc3OC)C2)n[nH]1. The first-order valence-corrected chi connectivity index (χ1v) is 8.45. The smallest absolute Gasteiger partial charge is 0.259 e. The molecule has 1 saturated heterocycles. The molecule has 0 aliphatic carbocycles. The summed E-state index contributed by atoms with van der Waals surface area (Å²) >= 11 is 0. The third kappa shape index (κ3) is 3.57. The largest absolute Gasteiger partial charge is 0.481 e. The van der Waals surface area contributed by atoms with Crippen molar-refractivity contribution >= 4 is 5.91 Å². The third-order valence-corrected chi connectivity index (χ3v) is 4.43. The zero-order valence-corrected chi connectivity index (χ0v) is 14.8. The van der Waals surface area contributed by atoms with Crippen LogP contribution in [0.25, 0.3) is 0 Å². The fraction of sp³-hybridized carbons (Fsp3) is 0.529. The van der Waals surface area contributed by atoms with Gasteiger partial charge in [0, 0.05) is 31.5 Å². The summed E-state index contributed by atoms with van der Waals surface area (Å²) in [6, 6.07) is 3.36. The predicted molar refractivity (Wildman–Crippen MR) is 91.0 cm³/mol. The number of carbonyl (C=O) groups excluding carboxylic acids is 1. The van der Waals surface area contributed by atoms with E-state index in [2.05, 4.69) is 20.2 Å².